The number of nitrogens with one attached hydrogen (secondary N) is 1. The number of thiophene rings is 1. The molecule has 0 aliphatic carbocycles. The summed E-state index contributed by atoms with van der Waals surface area (Å²) in [6.07, 6.45) is 0.547. The van der Waals surface area contributed by atoms with E-state index in [4.69, 9.17) is 10.00 Å². The minimum Gasteiger partial charge on any atom is -0.379 e. The van der Waals surface area contributed by atoms with Crippen molar-refractivity contribution in [2.24, 2.45) is 0 Å². The first kappa shape index (κ1) is 19.8. The van der Waals surface area contributed by atoms with Gasteiger partial charge in [-0.2, -0.15) is 5.26 Å². The molecule has 2 aromatic rings. The average molecular weight is 385 g/mol. The average Bonchev–Trinajstić information content (AvgIpc) is 3.25. The van der Waals surface area contributed by atoms with Crippen molar-refractivity contribution in [3.05, 3.63) is 52.2 Å². The summed E-state index contributed by atoms with van der Waals surface area (Å²) in [7, 11) is 2.03. The van der Waals surface area contributed by atoms with Crippen LogP contribution in [0.3, 0.4) is 0 Å². The van der Waals surface area contributed by atoms with Crippen LogP contribution < -0.4 is 10.2 Å². The van der Waals surface area contributed by atoms with Crippen LogP contribution in [0.4, 0.5) is 5.69 Å². The van der Waals surface area contributed by atoms with Gasteiger partial charge in [0.1, 0.15) is 0 Å². The summed E-state index contributed by atoms with van der Waals surface area (Å²) >= 11 is 1.83. The number of benzene rings is 1. The molecule has 1 fully saturated rings. The molecule has 3 rings (SSSR count). The van der Waals surface area contributed by atoms with Crippen LogP contribution >= 0.6 is 11.3 Å². The minimum absolute atomic E-state index is 0.408. The molecule has 1 aromatic heterocycles. The molecule has 1 aliphatic heterocycles. The van der Waals surface area contributed by atoms with Crippen molar-refractivity contribution >= 4 is 17.0 Å². The second-order valence-electron chi connectivity index (χ2n) is 6.81. The third-order valence-corrected chi connectivity index (χ3v) is 5.93. The maximum Gasteiger partial charge on any atom is 0.0640 e. The number of hydrogen-bond acceptors (Lipinski definition) is 6. The molecule has 6 heteroatoms. The van der Waals surface area contributed by atoms with Crippen LogP contribution in [-0.4, -0.2) is 51.3 Å². The fraction of sp³-hybridized carbons (Fsp3) is 0.476. The zero-order chi connectivity index (χ0) is 18.9. The minimum atomic E-state index is 0.408. The Labute approximate surface area is 166 Å². The van der Waals surface area contributed by atoms with Gasteiger partial charge in [-0.1, -0.05) is 18.2 Å². The Balaban J connectivity index is 1.53. The van der Waals surface area contributed by atoms with E-state index in [1.54, 1.807) is 0 Å². The number of hydrogen-bond donors (Lipinski definition) is 1. The van der Waals surface area contributed by atoms with Gasteiger partial charge in [-0.15, -0.1) is 11.3 Å². The molecule has 0 amide bonds. The van der Waals surface area contributed by atoms with Gasteiger partial charge in [-0.25, -0.2) is 0 Å². The van der Waals surface area contributed by atoms with Crippen LogP contribution in [0.1, 0.15) is 22.9 Å². The van der Waals surface area contributed by atoms with Crippen molar-refractivity contribution in [3.63, 3.8) is 0 Å². The highest BCUT2D eigenvalue weighted by Gasteiger charge is 2.22. The summed E-state index contributed by atoms with van der Waals surface area (Å²) in [6, 6.07) is 15.6. The highest BCUT2D eigenvalue weighted by Crippen LogP contribution is 2.25. The van der Waals surface area contributed by atoms with E-state index in [2.05, 4.69) is 63.0 Å². The SMILES string of the molecule is CN(CCC#N)c1ccc(CNC[C@@H](c2cccs2)N2CCOCC2)cc1. The Hall–Kier alpha value is -1.91. The first-order valence-corrected chi connectivity index (χ1v) is 10.4. The summed E-state index contributed by atoms with van der Waals surface area (Å²) in [5.41, 5.74) is 2.43. The van der Waals surface area contributed by atoms with Gasteiger partial charge < -0.3 is 15.0 Å². The number of morpholine rings is 1. The monoisotopic (exact) mass is 384 g/mol. The number of anilines is 1. The van der Waals surface area contributed by atoms with Crippen LogP contribution in [0.25, 0.3) is 0 Å². The molecule has 2 heterocycles. The molecule has 0 unspecified atom stereocenters. The van der Waals surface area contributed by atoms with Gasteiger partial charge in [-0.3, -0.25) is 4.90 Å². The van der Waals surface area contributed by atoms with E-state index in [-0.39, 0.29) is 0 Å². The summed E-state index contributed by atoms with van der Waals surface area (Å²) in [5.74, 6) is 0. The highest BCUT2D eigenvalue weighted by molar-refractivity contribution is 7.10. The second-order valence-corrected chi connectivity index (χ2v) is 7.79. The summed E-state index contributed by atoms with van der Waals surface area (Å²) < 4.78 is 5.52. The molecule has 0 saturated carbocycles. The maximum absolute atomic E-state index is 8.72. The lowest BCUT2D eigenvalue weighted by Crippen LogP contribution is -2.42. The zero-order valence-corrected chi connectivity index (χ0v) is 16.8. The van der Waals surface area contributed by atoms with E-state index < -0.39 is 0 Å². The Kier molecular flexibility index (Phi) is 7.66. The number of nitrogens with zero attached hydrogens (tertiary/aromatic N) is 3. The second kappa shape index (κ2) is 10.4. The van der Waals surface area contributed by atoms with Crippen molar-refractivity contribution in [1.82, 2.24) is 10.2 Å². The largest absolute Gasteiger partial charge is 0.379 e. The van der Waals surface area contributed by atoms with Crippen molar-refractivity contribution < 1.29 is 4.74 Å². The fourth-order valence-electron chi connectivity index (χ4n) is 3.35. The lowest BCUT2D eigenvalue weighted by molar-refractivity contribution is 0.0168. The third kappa shape index (κ3) is 5.78. The molecule has 1 aliphatic rings. The van der Waals surface area contributed by atoms with E-state index in [9.17, 15) is 0 Å². The van der Waals surface area contributed by atoms with Crippen molar-refractivity contribution in [2.75, 3.05) is 51.3 Å². The predicted molar refractivity (Wildman–Crippen MR) is 111 cm³/mol. The maximum atomic E-state index is 8.72. The quantitative estimate of drug-likeness (QED) is 0.719. The normalized spacial score (nSPS) is 16.0. The smallest absolute Gasteiger partial charge is 0.0640 e. The fourth-order valence-corrected chi connectivity index (χ4v) is 4.21. The van der Waals surface area contributed by atoms with Gasteiger partial charge in [0.15, 0.2) is 0 Å². The molecule has 1 saturated heterocycles. The lowest BCUT2D eigenvalue weighted by Gasteiger charge is -2.34. The van der Waals surface area contributed by atoms with Crippen molar-refractivity contribution in [1.29, 1.82) is 5.26 Å². The molecular weight excluding hydrogens is 356 g/mol. The van der Waals surface area contributed by atoms with Gasteiger partial charge in [0.2, 0.25) is 0 Å². The van der Waals surface area contributed by atoms with Crippen LogP contribution in [0, 0.1) is 11.3 Å². The first-order chi connectivity index (χ1) is 13.3. The van der Waals surface area contributed by atoms with Gasteiger partial charge in [-0.05, 0) is 29.1 Å². The molecular formula is C21H28N4OS. The Morgan fingerprint density at radius 3 is 2.70 bits per heavy atom. The first-order valence-electron chi connectivity index (χ1n) is 9.51. The zero-order valence-electron chi connectivity index (χ0n) is 15.9. The molecule has 0 spiro atoms. The van der Waals surface area contributed by atoms with Crippen LogP contribution in [0.5, 0.6) is 0 Å². The Morgan fingerprint density at radius 1 is 1.26 bits per heavy atom. The number of ether oxygens (including phenoxy) is 1. The third-order valence-electron chi connectivity index (χ3n) is 4.96. The molecule has 0 bridgehead atoms. The Morgan fingerprint density at radius 2 is 2.04 bits per heavy atom. The highest BCUT2D eigenvalue weighted by atomic mass is 32.1. The van der Waals surface area contributed by atoms with Crippen LogP contribution in [0.15, 0.2) is 41.8 Å². The lowest BCUT2D eigenvalue weighted by atomic mass is 10.1. The van der Waals surface area contributed by atoms with E-state index in [1.165, 1.54) is 10.4 Å². The standard InChI is InChI=1S/C21H28N4OS/c1-24(10-3-9-22)19-7-5-18(6-8-19)16-23-17-20(21-4-2-15-27-21)25-11-13-26-14-12-25/h2,4-8,15,20,23H,3,10-14,16-17H2,1H3/t20-/m0/s1. The molecule has 0 radical (unpaired) electrons. The molecule has 1 atom stereocenters. The van der Waals surface area contributed by atoms with Gasteiger partial charge in [0.25, 0.3) is 0 Å². The topological polar surface area (TPSA) is 51.5 Å². The summed E-state index contributed by atoms with van der Waals surface area (Å²) in [6.45, 7) is 6.18. The van der Waals surface area contributed by atoms with Gasteiger partial charge in [0.05, 0.1) is 31.7 Å². The molecule has 27 heavy (non-hydrogen) atoms. The van der Waals surface area contributed by atoms with Crippen molar-refractivity contribution in [3.8, 4) is 6.07 Å². The molecule has 5 nitrogen and oxygen atoms in total. The Bertz CT molecular complexity index is 705. The molecule has 144 valence electrons. The number of rotatable bonds is 9. The van der Waals surface area contributed by atoms with Crippen molar-refractivity contribution in [2.45, 2.75) is 19.0 Å². The van der Waals surface area contributed by atoms with Gasteiger partial charge in [0, 0.05) is 50.3 Å². The van der Waals surface area contributed by atoms with E-state index in [1.807, 2.05) is 18.4 Å². The van der Waals surface area contributed by atoms with E-state index in [0.29, 0.717) is 12.5 Å². The molecule has 1 aromatic carbocycles. The number of nitriles is 1. The predicted octanol–water partition coefficient (Wildman–Crippen LogP) is 3.26. The van der Waals surface area contributed by atoms with Gasteiger partial charge >= 0.3 is 0 Å². The molecule has 1 N–H and O–H groups in total. The summed E-state index contributed by atoms with van der Waals surface area (Å²) in [5, 5.41) is 14.5. The van der Waals surface area contributed by atoms with E-state index >= 15 is 0 Å². The van der Waals surface area contributed by atoms with Crippen LogP contribution in [0.2, 0.25) is 0 Å². The van der Waals surface area contributed by atoms with Crippen LogP contribution in [-0.2, 0) is 11.3 Å². The van der Waals surface area contributed by atoms with E-state index in [0.717, 1.165) is 51.6 Å². The summed E-state index contributed by atoms with van der Waals surface area (Å²) in [4.78, 5) is 6.06.